The lowest BCUT2D eigenvalue weighted by molar-refractivity contribution is -0.114. The predicted molar refractivity (Wildman–Crippen MR) is 80.0 cm³/mol. The van der Waals surface area contributed by atoms with Crippen LogP contribution in [-0.4, -0.2) is 12.5 Å². The van der Waals surface area contributed by atoms with Crippen LogP contribution in [0.5, 0.6) is 0 Å². The Bertz CT molecular complexity index is 617. The molecule has 3 nitrogen and oxygen atoms in total. The summed E-state index contributed by atoms with van der Waals surface area (Å²) in [6, 6.07) is 10.8. The summed E-state index contributed by atoms with van der Waals surface area (Å²) in [6.07, 6.45) is 0. The zero-order valence-corrected chi connectivity index (χ0v) is 11.8. The van der Waals surface area contributed by atoms with Gasteiger partial charge in [-0.3, -0.25) is 4.79 Å². The second-order valence-corrected chi connectivity index (χ2v) is 4.91. The SMILES string of the molecule is O=C(CNc1cc(Cl)ccc1F)Nc1ccc(Cl)cc1. The van der Waals surface area contributed by atoms with Gasteiger partial charge in [-0.2, -0.15) is 0 Å². The molecule has 0 saturated carbocycles. The van der Waals surface area contributed by atoms with Crippen molar-refractivity contribution in [2.75, 3.05) is 17.2 Å². The lowest BCUT2D eigenvalue weighted by Gasteiger charge is -2.09. The Morgan fingerprint density at radius 3 is 2.40 bits per heavy atom. The monoisotopic (exact) mass is 312 g/mol. The van der Waals surface area contributed by atoms with E-state index in [4.69, 9.17) is 23.2 Å². The molecule has 104 valence electrons. The Morgan fingerprint density at radius 2 is 1.70 bits per heavy atom. The Labute approximate surface area is 125 Å². The third-order valence-electron chi connectivity index (χ3n) is 2.50. The molecule has 0 heterocycles. The fraction of sp³-hybridized carbons (Fsp3) is 0.0714. The van der Waals surface area contributed by atoms with Gasteiger partial charge in [0.2, 0.25) is 5.91 Å². The number of amides is 1. The van der Waals surface area contributed by atoms with Crippen molar-refractivity contribution in [3.05, 3.63) is 58.3 Å². The van der Waals surface area contributed by atoms with Gasteiger partial charge in [0.05, 0.1) is 12.2 Å². The molecule has 0 aliphatic carbocycles. The van der Waals surface area contributed by atoms with Crippen LogP contribution in [0.25, 0.3) is 0 Å². The van der Waals surface area contributed by atoms with Crippen molar-refractivity contribution in [3.63, 3.8) is 0 Å². The highest BCUT2D eigenvalue weighted by molar-refractivity contribution is 6.31. The minimum absolute atomic E-state index is 0.0696. The minimum atomic E-state index is -0.464. The number of carbonyl (C=O) groups is 1. The second kappa shape index (κ2) is 6.59. The van der Waals surface area contributed by atoms with Crippen molar-refractivity contribution in [2.24, 2.45) is 0 Å². The molecule has 0 aromatic heterocycles. The molecule has 0 saturated heterocycles. The summed E-state index contributed by atoms with van der Waals surface area (Å²) in [7, 11) is 0. The maximum Gasteiger partial charge on any atom is 0.243 e. The highest BCUT2D eigenvalue weighted by Gasteiger charge is 2.06. The molecule has 0 bridgehead atoms. The van der Waals surface area contributed by atoms with Crippen molar-refractivity contribution in [1.82, 2.24) is 0 Å². The molecule has 2 N–H and O–H groups in total. The van der Waals surface area contributed by atoms with Gasteiger partial charge in [0.1, 0.15) is 5.82 Å². The number of benzene rings is 2. The van der Waals surface area contributed by atoms with Crippen molar-refractivity contribution in [2.45, 2.75) is 0 Å². The average molecular weight is 313 g/mol. The summed E-state index contributed by atoms with van der Waals surface area (Å²) < 4.78 is 13.4. The lowest BCUT2D eigenvalue weighted by atomic mass is 10.3. The van der Waals surface area contributed by atoms with E-state index in [1.54, 1.807) is 24.3 Å². The molecule has 0 atom stereocenters. The lowest BCUT2D eigenvalue weighted by Crippen LogP contribution is -2.22. The van der Waals surface area contributed by atoms with Gasteiger partial charge in [-0.15, -0.1) is 0 Å². The summed E-state index contributed by atoms with van der Waals surface area (Å²) in [4.78, 5) is 11.7. The maximum absolute atomic E-state index is 13.4. The van der Waals surface area contributed by atoms with Crippen molar-refractivity contribution < 1.29 is 9.18 Å². The summed E-state index contributed by atoms with van der Waals surface area (Å²) in [5.41, 5.74) is 0.802. The van der Waals surface area contributed by atoms with Crippen molar-refractivity contribution >= 4 is 40.5 Å². The normalized spacial score (nSPS) is 10.2. The molecule has 0 spiro atoms. The molecule has 0 fully saturated rings. The van der Waals surface area contributed by atoms with Gasteiger partial charge in [-0.05, 0) is 42.5 Å². The number of rotatable bonds is 4. The van der Waals surface area contributed by atoms with Gasteiger partial charge in [0.15, 0.2) is 0 Å². The third-order valence-corrected chi connectivity index (χ3v) is 2.98. The fourth-order valence-corrected chi connectivity index (χ4v) is 1.84. The van der Waals surface area contributed by atoms with Gasteiger partial charge in [-0.25, -0.2) is 4.39 Å². The third kappa shape index (κ3) is 4.11. The van der Waals surface area contributed by atoms with Crippen LogP contribution < -0.4 is 10.6 Å². The molecule has 2 aromatic carbocycles. The molecule has 2 aromatic rings. The first-order chi connectivity index (χ1) is 9.54. The Kier molecular flexibility index (Phi) is 4.82. The Balaban J connectivity index is 1.92. The van der Waals surface area contributed by atoms with E-state index in [-0.39, 0.29) is 18.1 Å². The van der Waals surface area contributed by atoms with Gasteiger partial charge >= 0.3 is 0 Å². The van der Waals surface area contributed by atoms with E-state index in [9.17, 15) is 9.18 Å². The van der Waals surface area contributed by atoms with Crippen LogP contribution in [0.15, 0.2) is 42.5 Å². The molecule has 20 heavy (non-hydrogen) atoms. The van der Waals surface area contributed by atoms with Crippen molar-refractivity contribution in [1.29, 1.82) is 0 Å². The first-order valence-electron chi connectivity index (χ1n) is 5.79. The highest BCUT2D eigenvalue weighted by atomic mass is 35.5. The first kappa shape index (κ1) is 14.6. The molecule has 0 radical (unpaired) electrons. The van der Waals surface area contributed by atoms with E-state index in [0.29, 0.717) is 15.7 Å². The molecular weight excluding hydrogens is 302 g/mol. The van der Waals surface area contributed by atoms with Crippen LogP contribution in [0.1, 0.15) is 0 Å². The van der Waals surface area contributed by atoms with E-state index in [0.717, 1.165) is 0 Å². The zero-order chi connectivity index (χ0) is 14.5. The van der Waals surface area contributed by atoms with Crippen LogP contribution in [0.4, 0.5) is 15.8 Å². The molecule has 6 heteroatoms. The summed E-state index contributed by atoms with van der Waals surface area (Å²) in [5.74, 6) is -0.764. The zero-order valence-electron chi connectivity index (χ0n) is 10.3. The van der Waals surface area contributed by atoms with E-state index < -0.39 is 5.82 Å². The quantitative estimate of drug-likeness (QED) is 0.889. The van der Waals surface area contributed by atoms with Gasteiger partial charge in [0, 0.05) is 15.7 Å². The van der Waals surface area contributed by atoms with Gasteiger partial charge in [0.25, 0.3) is 0 Å². The average Bonchev–Trinajstić information content (AvgIpc) is 2.42. The fourth-order valence-electron chi connectivity index (χ4n) is 1.55. The molecule has 1 amide bonds. The summed E-state index contributed by atoms with van der Waals surface area (Å²) in [5, 5.41) is 6.33. The topological polar surface area (TPSA) is 41.1 Å². The van der Waals surface area contributed by atoms with Crippen LogP contribution in [-0.2, 0) is 4.79 Å². The second-order valence-electron chi connectivity index (χ2n) is 4.03. The number of carbonyl (C=O) groups excluding carboxylic acids is 1. The van der Waals surface area contributed by atoms with Crippen LogP contribution in [0.2, 0.25) is 10.0 Å². The first-order valence-corrected chi connectivity index (χ1v) is 6.54. The smallest absolute Gasteiger partial charge is 0.243 e. The molecule has 0 unspecified atom stereocenters. The van der Waals surface area contributed by atoms with E-state index in [2.05, 4.69) is 10.6 Å². The van der Waals surface area contributed by atoms with E-state index in [1.807, 2.05) is 0 Å². The number of nitrogens with one attached hydrogen (secondary N) is 2. The largest absolute Gasteiger partial charge is 0.374 e. The highest BCUT2D eigenvalue weighted by Crippen LogP contribution is 2.19. The number of anilines is 2. The number of hydrogen-bond donors (Lipinski definition) is 2. The Hall–Kier alpha value is -1.78. The predicted octanol–water partition coefficient (Wildman–Crippen LogP) is 4.18. The number of hydrogen-bond acceptors (Lipinski definition) is 2. The molecule has 0 aliphatic heterocycles. The maximum atomic E-state index is 13.4. The Morgan fingerprint density at radius 1 is 1.05 bits per heavy atom. The minimum Gasteiger partial charge on any atom is -0.374 e. The number of halogens is 3. The van der Waals surface area contributed by atoms with Crippen LogP contribution >= 0.6 is 23.2 Å². The van der Waals surface area contributed by atoms with Gasteiger partial charge < -0.3 is 10.6 Å². The van der Waals surface area contributed by atoms with E-state index >= 15 is 0 Å². The molecular formula is C14H11Cl2FN2O. The summed E-state index contributed by atoms with van der Waals surface area (Å²) in [6.45, 7) is -0.0696. The molecule has 2 rings (SSSR count). The van der Waals surface area contributed by atoms with E-state index in [1.165, 1.54) is 18.2 Å². The standard InChI is InChI=1S/C14H11Cl2FN2O/c15-9-1-4-11(5-2-9)19-14(20)8-18-13-7-10(16)3-6-12(13)17/h1-7,18H,8H2,(H,19,20). The summed E-state index contributed by atoms with van der Waals surface area (Å²) >= 11 is 11.5. The van der Waals surface area contributed by atoms with Crippen LogP contribution in [0.3, 0.4) is 0 Å². The van der Waals surface area contributed by atoms with Crippen LogP contribution in [0, 0.1) is 5.82 Å². The van der Waals surface area contributed by atoms with Gasteiger partial charge in [-0.1, -0.05) is 23.2 Å². The van der Waals surface area contributed by atoms with Crippen molar-refractivity contribution in [3.8, 4) is 0 Å². The molecule has 0 aliphatic rings.